The molecule has 0 radical (unpaired) electrons. The van der Waals surface area contributed by atoms with E-state index < -0.39 is 5.54 Å². The lowest BCUT2D eigenvalue weighted by atomic mass is 9.85. The Kier molecular flexibility index (Phi) is 5.72. The summed E-state index contributed by atoms with van der Waals surface area (Å²) in [6.45, 7) is 1.51. The normalized spacial score (nSPS) is 17.0. The largest absolute Gasteiger partial charge is 0.339 e. The summed E-state index contributed by atoms with van der Waals surface area (Å²) >= 11 is 3.54. The minimum absolute atomic E-state index is 0.0237. The lowest BCUT2D eigenvalue weighted by molar-refractivity contribution is -0.124. The van der Waals surface area contributed by atoms with Gasteiger partial charge in [-0.05, 0) is 49.2 Å². The van der Waals surface area contributed by atoms with E-state index >= 15 is 0 Å². The SMILES string of the molecule is O=C(c1cc(-c2cccc(Br)c2)nc2ccccc12)N1CCC2(CC1)C(=O)NCN2c1ccccc1. The first kappa shape index (κ1) is 22.7. The maximum absolute atomic E-state index is 13.9. The number of fused-ring (bicyclic) bond motifs is 1. The summed E-state index contributed by atoms with van der Waals surface area (Å²) in [4.78, 5) is 35.8. The number of para-hydroxylation sites is 2. The maximum atomic E-state index is 13.9. The zero-order valence-electron chi connectivity index (χ0n) is 19.7. The molecule has 1 N–H and O–H groups in total. The fourth-order valence-electron chi connectivity index (χ4n) is 5.43. The van der Waals surface area contributed by atoms with Gasteiger partial charge in [-0.15, -0.1) is 0 Å². The molecule has 3 heterocycles. The zero-order valence-corrected chi connectivity index (χ0v) is 21.2. The van der Waals surface area contributed by atoms with E-state index in [4.69, 9.17) is 4.98 Å². The molecule has 0 saturated carbocycles. The number of anilines is 1. The Morgan fingerprint density at radius 2 is 1.67 bits per heavy atom. The standard InChI is InChI=1S/C29H25BrN4O2/c30-21-8-6-7-20(17-21)26-18-24(23-11-4-5-12-25(23)32-26)27(35)33-15-13-29(14-16-33)28(36)31-19-34(29)22-9-2-1-3-10-22/h1-12,17-18H,13-16,19H2,(H,31,36). The molecule has 0 unspecified atom stereocenters. The van der Waals surface area contributed by atoms with Gasteiger partial charge in [-0.3, -0.25) is 9.59 Å². The van der Waals surface area contributed by atoms with Crippen LogP contribution in [0.2, 0.25) is 0 Å². The second kappa shape index (κ2) is 9.06. The van der Waals surface area contributed by atoms with E-state index in [1.54, 1.807) is 0 Å². The minimum atomic E-state index is -0.625. The summed E-state index contributed by atoms with van der Waals surface area (Å²) < 4.78 is 0.960. The molecule has 2 fully saturated rings. The Labute approximate surface area is 218 Å². The number of likely N-dealkylation sites (tertiary alicyclic amines) is 1. The first-order chi connectivity index (χ1) is 17.5. The molecule has 180 valence electrons. The summed E-state index contributed by atoms with van der Waals surface area (Å²) in [6, 6.07) is 27.6. The van der Waals surface area contributed by atoms with Crippen molar-refractivity contribution >= 4 is 44.3 Å². The highest BCUT2D eigenvalue weighted by molar-refractivity contribution is 9.10. The number of benzene rings is 3. The number of aromatic nitrogens is 1. The minimum Gasteiger partial charge on any atom is -0.339 e. The number of carbonyl (C=O) groups is 2. The van der Waals surface area contributed by atoms with Crippen LogP contribution in [-0.2, 0) is 4.79 Å². The molecule has 1 aromatic heterocycles. The number of nitrogens with zero attached hydrogens (tertiary/aromatic N) is 3. The van der Waals surface area contributed by atoms with Crippen LogP contribution < -0.4 is 10.2 Å². The molecule has 2 aliphatic rings. The molecule has 2 saturated heterocycles. The molecule has 3 aromatic carbocycles. The molecule has 6 rings (SSSR count). The van der Waals surface area contributed by atoms with Crippen LogP contribution in [0, 0.1) is 0 Å². The Balaban J connectivity index is 1.31. The Morgan fingerprint density at radius 1 is 0.917 bits per heavy atom. The highest BCUT2D eigenvalue weighted by atomic mass is 79.9. The number of carbonyl (C=O) groups excluding carboxylic acids is 2. The molecule has 36 heavy (non-hydrogen) atoms. The topological polar surface area (TPSA) is 65.5 Å². The summed E-state index contributed by atoms with van der Waals surface area (Å²) in [7, 11) is 0. The van der Waals surface area contributed by atoms with Crippen LogP contribution in [0.4, 0.5) is 5.69 Å². The third-order valence-electron chi connectivity index (χ3n) is 7.35. The number of pyridine rings is 1. The monoisotopic (exact) mass is 540 g/mol. The third kappa shape index (κ3) is 3.84. The van der Waals surface area contributed by atoms with Gasteiger partial charge in [-0.25, -0.2) is 4.98 Å². The quantitative estimate of drug-likeness (QED) is 0.386. The average molecular weight is 541 g/mol. The van der Waals surface area contributed by atoms with Gasteiger partial charge in [0.15, 0.2) is 0 Å². The lowest BCUT2D eigenvalue weighted by Crippen LogP contribution is -2.57. The summed E-state index contributed by atoms with van der Waals surface area (Å²) in [5.41, 5.74) is 3.54. The van der Waals surface area contributed by atoms with Gasteiger partial charge in [0.25, 0.3) is 5.91 Å². The highest BCUT2D eigenvalue weighted by Gasteiger charge is 2.50. The number of hydrogen-bond acceptors (Lipinski definition) is 4. The molecular weight excluding hydrogens is 516 g/mol. The predicted octanol–water partition coefficient (Wildman–Crippen LogP) is 5.23. The summed E-state index contributed by atoms with van der Waals surface area (Å²) in [6.07, 6.45) is 1.17. The van der Waals surface area contributed by atoms with Crippen molar-refractivity contribution < 1.29 is 9.59 Å². The number of piperidine rings is 1. The summed E-state index contributed by atoms with van der Waals surface area (Å²) in [5, 5.41) is 3.87. The lowest BCUT2D eigenvalue weighted by Gasteiger charge is -2.43. The van der Waals surface area contributed by atoms with Crippen molar-refractivity contribution in [2.24, 2.45) is 0 Å². The van der Waals surface area contributed by atoms with E-state index in [2.05, 4.69) is 26.1 Å². The van der Waals surface area contributed by atoms with E-state index in [0.717, 1.165) is 32.3 Å². The highest BCUT2D eigenvalue weighted by Crippen LogP contribution is 2.37. The summed E-state index contributed by atoms with van der Waals surface area (Å²) in [5.74, 6) is 0.0223. The van der Waals surface area contributed by atoms with Gasteiger partial charge in [-0.1, -0.05) is 64.5 Å². The molecule has 2 amide bonds. The number of halogens is 1. The fraction of sp³-hybridized carbons (Fsp3) is 0.207. The Bertz CT molecular complexity index is 1460. The molecule has 2 aliphatic heterocycles. The van der Waals surface area contributed by atoms with Crippen molar-refractivity contribution in [1.82, 2.24) is 15.2 Å². The molecule has 0 atom stereocenters. The number of nitrogens with one attached hydrogen (secondary N) is 1. The zero-order chi connectivity index (χ0) is 24.7. The van der Waals surface area contributed by atoms with E-state index in [1.165, 1.54) is 0 Å². The van der Waals surface area contributed by atoms with Gasteiger partial charge < -0.3 is 15.1 Å². The first-order valence-corrected chi connectivity index (χ1v) is 12.9. The van der Waals surface area contributed by atoms with Crippen LogP contribution in [0.5, 0.6) is 0 Å². The van der Waals surface area contributed by atoms with E-state index in [0.29, 0.717) is 38.2 Å². The molecule has 0 aliphatic carbocycles. The van der Waals surface area contributed by atoms with Gasteiger partial charge in [-0.2, -0.15) is 0 Å². The van der Waals surface area contributed by atoms with Crippen LogP contribution in [-0.4, -0.2) is 47.0 Å². The van der Waals surface area contributed by atoms with Gasteiger partial charge >= 0.3 is 0 Å². The van der Waals surface area contributed by atoms with Crippen LogP contribution in [0.3, 0.4) is 0 Å². The van der Waals surface area contributed by atoms with Gasteiger partial charge in [0.1, 0.15) is 5.54 Å². The molecular formula is C29H25BrN4O2. The first-order valence-electron chi connectivity index (χ1n) is 12.1. The average Bonchev–Trinajstić information content (AvgIpc) is 3.23. The number of amides is 2. The number of rotatable bonds is 3. The maximum Gasteiger partial charge on any atom is 0.254 e. The smallest absolute Gasteiger partial charge is 0.254 e. The van der Waals surface area contributed by atoms with Gasteiger partial charge in [0.2, 0.25) is 5.91 Å². The van der Waals surface area contributed by atoms with Crippen molar-refractivity contribution in [3.63, 3.8) is 0 Å². The van der Waals surface area contributed by atoms with Crippen LogP contribution in [0.25, 0.3) is 22.2 Å². The predicted molar refractivity (Wildman–Crippen MR) is 145 cm³/mol. The van der Waals surface area contributed by atoms with Crippen molar-refractivity contribution in [3.05, 3.63) is 95.0 Å². The molecule has 7 heteroatoms. The number of hydrogen-bond donors (Lipinski definition) is 1. The van der Waals surface area contributed by atoms with E-state index in [-0.39, 0.29) is 11.8 Å². The second-order valence-electron chi connectivity index (χ2n) is 9.33. The molecule has 6 nitrogen and oxygen atoms in total. The van der Waals surface area contributed by atoms with Crippen LogP contribution >= 0.6 is 15.9 Å². The van der Waals surface area contributed by atoms with E-state index in [9.17, 15) is 9.59 Å². The van der Waals surface area contributed by atoms with Crippen LogP contribution in [0.15, 0.2) is 89.4 Å². The van der Waals surface area contributed by atoms with E-state index in [1.807, 2.05) is 89.8 Å². The third-order valence-corrected chi connectivity index (χ3v) is 7.84. The Morgan fingerprint density at radius 3 is 2.44 bits per heavy atom. The van der Waals surface area contributed by atoms with Crippen LogP contribution in [0.1, 0.15) is 23.2 Å². The van der Waals surface area contributed by atoms with Gasteiger partial charge in [0, 0.05) is 34.2 Å². The fourth-order valence-corrected chi connectivity index (χ4v) is 5.83. The molecule has 4 aromatic rings. The van der Waals surface area contributed by atoms with Crippen molar-refractivity contribution in [1.29, 1.82) is 0 Å². The van der Waals surface area contributed by atoms with Crippen molar-refractivity contribution in [2.75, 3.05) is 24.7 Å². The van der Waals surface area contributed by atoms with Crippen molar-refractivity contribution in [2.45, 2.75) is 18.4 Å². The molecule has 0 bridgehead atoms. The second-order valence-corrected chi connectivity index (χ2v) is 10.2. The Hall–Kier alpha value is -3.71. The van der Waals surface area contributed by atoms with Crippen molar-refractivity contribution in [3.8, 4) is 11.3 Å². The molecule has 1 spiro atoms. The van der Waals surface area contributed by atoms with Gasteiger partial charge in [0.05, 0.1) is 23.4 Å².